The molecule has 1 aliphatic rings. The average molecular weight is 509 g/mol. The fourth-order valence-electron chi connectivity index (χ4n) is 3.78. The zero-order chi connectivity index (χ0) is 24.9. The van der Waals surface area contributed by atoms with Gasteiger partial charge in [-0.3, -0.25) is 0 Å². The van der Waals surface area contributed by atoms with Gasteiger partial charge in [-0.15, -0.1) is 0 Å². The Labute approximate surface area is 213 Å². The molecule has 178 valence electrons. The molecule has 1 heterocycles. The molecule has 0 fully saturated rings. The quantitative estimate of drug-likeness (QED) is 0.219. The number of carbonyl (C=O) groups excluding carboxylic acids is 1. The van der Waals surface area contributed by atoms with Crippen molar-refractivity contribution in [2.75, 3.05) is 6.61 Å². The molecular formula is C27H22Cl2N2O4. The summed E-state index contributed by atoms with van der Waals surface area (Å²) in [5, 5.41) is 10.5. The number of allylic oxidation sites excluding steroid dienone is 1. The normalized spacial score (nSPS) is 14.5. The number of carbonyl (C=O) groups is 1. The van der Waals surface area contributed by atoms with Crippen LogP contribution in [0, 0.1) is 11.3 Å². The summed E-state index contributed by atoms with van der Waals surface area (Å²) >= 11 is 12.3. The smallest absolute Gasteiger partial charge is 0.347 e. The molecule has 0 aliphatic carbocycles. The Morgan fingerprint density at radius 2 is 1.91 bits per heavy atom. The number of nitriles is 1. The van der Waals surface area contributed by atoms with Gasteiger partial charge in [0, 0.05) is 11.6 Å². The third-order valence-electron chi connectivity index (χ3n) is 5.54. The predicted molar refractivity (Wildman–Crippen MR) is 134 cm³/mol. The second kappa shape index (κ2) is 10.7. The Bertz CT molecular complexity index is 1350. The van der Waals surface area contributed by atoms with Gasteiger partial charge in [0.25, 0.3) is 0 Å². The van der Waals surface area contributed by atoms with Crippen LogP contribution in [0.2, 0.25) is 10.0 Å². The van der Waals surface area contributed by atoms with E-state index in [0.717, 1.165) is 18.4 Å². The van der Waals surface area contributed by atoms with Crippen molar-refractivity contribution in [2.45, 2.75) is 25.7 Å². The van der Waals surface area contributed by atoms with Gasteiger partial charge in [0.1, 0.15) is 34.5 Å². The van der Waals surface area contributed by atoms with Crippen molar-refractivity contribution < 1.29 is 19.0 Å². The highest BCUT2D eigenvalue weighted by Crippen LogP contribution is 2.44. The molecule has 1 aliphatic heterocycles. The molecule has 8 heteroatoms. The molecule has 3 aromatic rings. The Hall–Kier alpha value is -3.66. The van der Waals surface area contributed by atoms with E-state index in [-0.39, 0.29) is 17.2 Å². The zero-order valence-electron chi connectivity index (χ0n) is 18.9. The molecule has 1 atom stereocenters. The number of para-hydroxylation sites is 1. The number of hydrogen-bond donors (Lipinski definition) is 1. The molecule has 1 unspecified atom stereocenters. The highest BCUT2D eigenvalue weighted by Gasteiger charge is 2.31. The van der Waals surface area contributed by atoms with Crippen molar-refractivity contribution in [3.63, 3.8) is 0 Å². The fourth-order valence-corrected chi connectivity index (χ4v) is 4.09. The second-order valence-electron chi connectivity index (χ2n) is 7.89. The number of fused-ring (bicyclic) bond motifs is 1. The lowest BCUT2D eigenvalue weighted by Gasteiger charge is -2.27. The van der Waals surface area contributed by atoms with E-state index < -0.39 is 11.9 Å². The average Bonchev–Trinajstić information content (AvgIpc) is 2.85. The number of nitrogens with two attached hydrogens (primary N) is 1. The number of halogens is 2. The van der Waals surface area contributed by atoms with Crippen molar-refractivity contribution in [3.05, 3.63) is 98.9 Å². The van der Waals surface area contributed by atoms with Gasteiger partial charge in [0.05, 0.1) is 22.6 Å². The number of unbranched alkanes of at least 4 members (excludes halogenated alkanes) is 1. The van der Waals surface area contributed by atoms with Crippen molar-refractivity contribution in [1.82, 2.24) is 0 Å². The van der Waals surface area contributed by atoms with Gasteiger partial charge in [0.15, 0.2) is 0 Å². The minimum absolute atomic E-state index is 0.0331. The van der Waals surface area contributed by atoms with E-state index in [0.29, 0.717) is 39.3 Å². The lowest BCUT2D eigenvalue weighted by molar-refractivity contribution is 0.0730. The third kappa shape index (κ3) is 5.22. The summed E-state index contributed by atoms with van der Waals surface area (Å²) in [7, 11) is 0. The molecule has 0 spiro atoms. The molecule has 35 heavy (non-hydrogen) atoms. The van der Waals surface area contributed by atoms with E-state index in [2.05, 4.69) is 13.0 Å². The SMILES string of the molecule is CCCCOc1ccccc1C(=O)Oc1ccc2c(c1)OC(N)=C(C#N)C2c1ccc(Cl)c(Cl)c1. The largest absolute Gasteiger partial charge is 0.493 e. The first kappa shape index (κ1) is 24.5. The third-order valence-corrected chi connectivity index (χ3v) is 6.28. The minimum Gasteiger partial charge on any atom is -0.493 e. The Kier molecular flexibility index (Phi) is 7.50. The lowest BCUT2D eigenvalue weighted by atomic mass is 9.83. The zero-order valence-corrected chi connectivity index (χ0v) is 20.4. The van der Waals surface area contributed by atoms with E-state index in [9.17, 15) is 10.1 Å². The number of esters is 1. The first-order chi connectivity index (χ1) is 16.9. The number of rotatable bonds is 7. The van der Waals surface area contributed by atoms with Crippen LogP contribution < -0.4 is 19.9 Å². The Balaban J connectivity index is 1.64. The summed E-state index contributed by atoms with van der Waals surface area (Å²) in [6.45, 7) is 2.58. The van der Waals surface area contributed by atoms with E-state index in [1.54, 1.807) is 60.7 Å². The summed E-state index contributed by atoms with van der Waals surface area (Å²) in [6.07, 6.45) is 1.86. The molecular weight excluding hydrogens is 487 g/mol. The number of benzene rings is 3. The standard InChI is InChI=1S/C27H22Cl2N2O4/c1-2-3-12-33-23-7-5-4-6-19(23)27(32)34-17-9-10-18-24(14-17)35-26(31)20(15-30)25(18)16-8-11-21(28)22(29)13-16/h4-11,13-14,25H,2-3,12,31H2,1H3. The van der Waals surface area contributed by atoms with Crippen molar-refractivity contribution >= 4 is 29.2 Å². The van der Waals surface area contributed by atoms with E-state index >= 15 is 0 Å². The van der Waals surface area contributed by atoms with Gasteiger partial charge in [-0.2, -0.15) is 5.26 Å². The first-order valence-corrected chi connectivity index (χ1v) is 11.8. The molecule has 0 saturated heterocycles. The Morgan fingerprint density at radius 3 is 2.66 bits per heavy atom. The fraction of sp³-hybridized carbons (Fsp3) is 0.185. The van der Waals surface area contributed by atoms with Gasteiger partial charge in [-0.1, -0.05) is 60.8 Å². The van der Waals surface area contributed by atoms with E-state index in [4.69, 9.17) is 43.1 Å². The minimum atomic E-state index is -0.560. The van der Waals surface area contributed by atoms with Crippen molar-refractivity contribution in [3.8, 4) is 23.3 Å². The summed E-state index contributed by atoms with van der Waals surface area (Å²) < 4.78 is 17.1. The molecule has 0 aromatic heterocycles. The molecule has 2 N–H and O–H groups in total. The topological polar surface area (TPSA) is 94.6 Å². The van der Waals surface area contributed by atoms with Crippen LogP contribution in [-0.4, -0.2) is 12.6 Å². The van der Waals surface area contributed by atoms with Crippen LogP contribution in [0.15, 0.2) is 72.1 Å². The van der Waals surface area contributed by atoms with Gasteiger partial charge < -0.3 is 19.9 Å². The van der Waals surface area contributed by atoms with Crippen LogP contribution in [-0.2, 0) is 0 Å². The summed E-state index contributed by atoms with van der Waals surface area (Å²) in [6, 6.07) is 19.1. The maximum Gasteiger partial charge on any atom is 0.347 e. The number of nitrogens with zero attached hydrogens (tertiary/aromatic N) is 1. The Morgan fingerprint density at radius 1 is 1.11 bits per heavy atom. The highest BCUT2D eigenvalue weighted by molar-refractivity contribution is 6.42. The first-order valence-electron chi connectivity index (χ1n) is 11.0. The maximum absolute atomic E-state index is 12.9. The van der Waals surface area contributed by atoms with Gasteiger partial charge in [-0.25, -0.2) is 4.79 Å². The van der Waals surface area contributed by atoms with Crippen molar-refractivity contribution in [1.29, 1.82) is 5.26 Å². The monoisotopic (exact) mass is 508 g/mol. The molecule has 0 saturated carbocycles. The van der Waals surface area contributed by atoms with E-state index in [1.165, 1.54) is 0 Å². The number of ether oxygens (including phenoxy) is 3. The van der Waals surface area contributed by atoms with Crippen LogP contribution >= 0.6 is 23.2 Å². The molecule has 0 radical (unpaired) electrons. The van der Waals surface area contributed by atoms with Gasteiger partial charge >= 0.3 is 5.97 Å². The van der Waals surface area contributed by atoms with Gasteiger partial charge in [-0.05, 0) is 42.3 Å². The highest BCUT2D eigenvalue weighted by atomic mass is 35.5. The summed E-state index contributed by atoms with van der Waals surface area (Å²) in [5.74, 6) is -0.0143. The van der Waals surface area contributed by atoms with Gasteiger partial charge in [0.2, 0.25) is 5.88 Å². The molecule has 4 rings (SSSR count). The van der Waals surface area contributed by atoms with Crippen LogP contribution in [0.1, 0.15) is 47.2 Å². The predicted octanol–water partition coefficient (Wildman–Crippen LogP) is 6.61. The van der Waals surface area contributed by atoms with Crippen LogP contribution in [0.4, 0.5) is 0 Å². The lowest BCUT2D eigenvalue weighted by Crippen LogP contribution is -2.21. The van der Waals surface area contributed by atoms with E-state index in [1.807, 2.05) is 0 Å². The van der Waals surface area contributed by atoms with Crippen LogP contribution in [0.25, 0.3) is 0 Å². The molecule has 0 amide bonds. The number of hydrogen-bond acceptors (Lipinski definition) is 6. The van der Waals surface area contributed by atoms with Crippen LogP contribution in [0.5, 0.6) is 17.2 Å². The summed E-state index contributed by atoms with van der Waals surface area (Å²) in [4.78, 5) is 12.9. The van der Waals surface area contributed by atoms with Crippen molar-refractivity contribution in [2.24, 2.45) is 5.73 Å². The van der Waals surface area contributed by atoms with Crippen LogP contribution in [0.3, 0.4) is 0 Å². The maximum atomic E-state index is 12.9. The molecule has 6 nitrogen and oxygen atoms in total. The summed E-state index contributed by atoms with van der Waals surface area (Å²) in [5.41, 5.74) is 8.05. The molecule has 3 aromatic carbocycles. The second-order valence-corrected chi connectivity index (χ2v) is 8.70. The molecule has 0 bridgehead atoms.